The maximum atomic E-state index is 11.1. The Kier molecular flexibility index (Phi) is 4.17. The highest BCUT2D eigenvalue weighted by Crippen LogP contribution is 2.31. The Labute approximate surface area is 120 Å². The summed E-state index contributed by atoms with van der Waals surface area (Å²) in [7, 11) is 0. The van der Waals surface area contributed by atoms with Crippen LogP contribution in [0.4, 0.5) is 0 Å². The van der Waals surface area contributed by atoms with Crippen molar-refractivity contribution in [3.8, 4) is 11.5 Å². The normalized spacial score (nSPS) is 10.2. The average Bonchev–Trinajstić information content (AvgIpc) is 2.33. The minimum Gasteiger partial charge on any atom is -0.456 e. The van der Waals surface area contributed by atoms with Crippen LogP contribution in [-0.2, 0) is 0 Å². The van der Waals surface area contributed by atoms with Gasteiger partial charge in [-0.25, -0.2) is 0 Å². The van der Waals surface area contributed by atoms with E-state index in [1.54, 1.807) is 42.5 Å². The summed E-state index contributed by atoms with van der Waals surface area (Å²) in [6, 6.07) is 11.6. The number of carbonyl (C=O) groups is 1. The molecular formula is C13H8Cl2O2S. The van der Waals surface area contributed by atoms with Gasteiger partial charge >= 0.3 is 0 Å². The van der Waals surface area contributed by atoms with Crippen LogP contribution in [0.3, 0.4) is 0 Å². The Hall–Kier alpha value is -1.16. The molecular weight excluding hydrogens is 291 g/mol. The molecule has 2 aromatic carbocycles. The summed E-state index contributed by atoms with van der Waals surface area (Å²) in [5, 5.41) is 0.624. The Morgan fingerprint density at radius 3 is 2.56 bits per heavy atom. The van der Waals surface area contributed by atoms with Gasteiger partial charge in [-0.05, 0) is 30.3 Å². The molecule has 0 aliphatic carbocycles. The summed E-state index contributed by atoms with van der Waals surface area (Å²) in [5.74, 6) is 0.990. The van der Waals surface area contributed by atoms with E-state index in [0.29, 0.717) is 27.1 Å². The molecule has 18 heavy (non-hydrogen) atoms. The number of carbonyl (C=O) groups excluding carboxylic acids is 1. The molecule has 0 aliphatic heterocycles. The summed E-state index contributed by atoms with van der Waals surface area (Å²) in [4.78, 5) is 11.1. The molecule has 0 saturated carbocycles. The van der Waals surface area contributed by atoms with Crippen LogP contribution < -0.4 is 4.74 Å². The third-order valence-corrected chi connectivity index (χ3v) is 2.99. The second kappa shape index (κ2) is 5.65. The van der Waals surface area contributed by atoms with E-state index in [2.05, 4.69) is 12.6 Å². The topological polar surface area (TPSA) is 26.3 Å². The molecule has 0 heterocycles. The van der Waals surface area contributed by atoms with Gasteiger partial charge in [0.2, 0.25) is 5.12 Å². The van der Waals surface area contributed by atoms with E-state index in [0.717, 1.165) is 0 Å². The van der Waals surface area contributed by atoms with Gasteiger partial charge in [0, 0.05) is 10.6 Å². The van der Waals surface area contributed by atoms with E-state index >= 15 is 0 Å². The molecule has 0 fully saturated rings. The lowest BCUT2D eigenvalue weighted by atomic mass is 10.2. The molecule has 5 heteroatoms. The number of halogens is 2. The second-order valence-corrected chi connectivity index (χ2v) is 4.76. The van der Waals surface area contributed by atoms with Crippen LogP contribution in [0, 0.1) is 0 Å². The zero-order valence-corrected chi connectivity index (χ0v) is 11.5. The summed E-state index contributed by atoms with van der Waals surface area (Å²) >= 11 is 15.5. The van der Waals surface area contributed by atoms with Crippen molar-refractivity contribution < 1.29 is 9.53 Å². The molecule has 2 aromatic rings. The molecule has 0 N–H and O–H groups in total. The first-order valence-corrected chi connectivity index (χ1v) is 6.23. The monoisotopic (exact) mass is 298 g/mol. The molecule has 0 bridgehead atoms. The molecule has 0 atom stereocenters. The smallest absolute Gasteiger partial charge is 0.216 e. The van der Waals surface area contributed by atoms with Crippen LogP contribution in [0.5, 0.6) is 11.5 Å². The van der Waals surface area contributed by atoms with Crippen molar-refractivity contribution in [1.29, 1.82) is 0 Å². The molecule has 0 unspecified atom stereocenters. The van der Waals surface area contributed by atoms with Crippen LogP contribution in [0.2, 0.25) is 10.0 Å². The third-order valence-electron chi connectivity index (χ3n) is 2.20. The molecule has 2 rings (SSSR count). The first-order valence-electron chi connectivity index (χ1n) is 5.02. The minimum atomic E-state index is -0.317. The zero-order chi connectivity index (χ0) is 13.1. The number of thiol groups is 1. The van der Waals surface area contributed by atoms with Crippen LogP contribution in [-0.4, -0.2) is 5.12 Å². The van der Waals surface area contributed by atoms with Crippen molar-refractivity contribution in [1.82, 2.24) is 0 Å². The number of ether oxygens (including phenoxy) is 1. The lowest BCUT2D eigenvalue weighted by Crippen LogP contribution is -1.90. The Morgan fingerprint density at radius 2 is 1.89 bits per heavy atom. The van der Waals surface area contributed by atoms with Crippen molar-refractivity contribution in [2.75, 3.05) is 0 Å². The third kappa shape index (κ3) is 3.19. The van der Waals surface area contributed by atoms with Gasteiger partial charge in [-0.3, -0.25) is 4.79 Å². The standard InChI is InChI=1S/C13H8Cl2O2S/c14-9-4-5-12(11(15)7-9)17-10-3-1-2-8(6-10)13(16)18/h1-7H,(H,16,18). The number of rotatable bonds is 3. The molecule has 0 saturated heterocycles. The quantitative estimate of drug-likeness (QED) is 0.819. The predicted molar refractivity (Wildman–Crippen MR) is 76.3 cm³/mol. The van der Waals surface area contributed by atoms with Gasteiger partial charge in [-0.15, -0.1) is 12.6 Å². The van der Waals surface area contributed by atoms with Crippen LogP contribution in [0.25, 0.3) is 0 Å². The van der Waals surface area contributed by atoms with Gasteiger partial charge in [-0.1, -0.05) is 35.3 Å². The minimum absolute atomic E-state index is 0.317. The number of hydrogen-bond acceptors (Lipinski definition) is 2. The molecule has 2 nitrogen and oxygen atoms in total. The van der Waals surface area contributed by atoms with Crippen molar-refractivity contribution in [3.63, 3.8) is 0 Å². The van der Waals surface area contributed by atoms with Gasteiger partial charge in [-0.2, -0.15) is 0 Å². The summed E-state index contributed by atoms with van der Waals surface area (Å²) < 4.78 is 5.58. The van der Waals surface area contributed by atoms with Crippen LogP contribution in [0.1, 0.15) is 10.4 Å². The highest BCUT2D eigenvalue weighted by atomic mass is 35.5. The highest BCUT2D eigenvalue weighted by molar-refractivity contribution is 7.97. The average molecular weight is 299 g/mol. The first kappa shape index (κ1) is 13.3. The highest BCUT2D eigenvalue weighted by Gasteiger charge is 2.06. The molecule has 0 spiro atoms. The van der Waals surface area contributed by atoms with Crippen molar-refractivity contribution in [3.05, 3.63) is 58.1 Å². The molecule has 92 valence electrons. The van der Waals surface area contributed by atoms with E-state index < -0.39 is 0 Å². The summed E-state index contributed by atoms with van der Waals surface area (Å²) in [6.07, 6.45) is 0. The summed E-state index contributed by atoms with van der Waals surface area (Å²) in [5.41, 5.74) is 0.459. The molecule has 0 amide bonds. The fraction of sp³-hybridized carbons (Fsp3) is 0. The summed E-state index contributed by atoms with van der Waals surface area (Å²) in [6.45, 7) is 0. The van der Waals surface area contributed by atoms with Crippen molar-refractivity contribution in [2.24, 2.45) is 0 Å². The van der Waals surface area contributed by atoms with E-state index in [9.17, 15) is 4.79 Å². The number of benzene rings is 2. The number of hydrogen-bond donors (Lipinski definition) is 1. The molecule has 0 aromatic heterocycles. The van der Waals surface area contributed by atoms with E-state index in [1.807, 2.05) is 0 Å². The van der Waals surface area contributed by atoms with Crippen LogP contribution >= 0.6 is 35.8 Å². The zero-order valence-electron chi connectivity index (χ0n) is 9.06. The maximum absolute atomic E-state index is 11.1. The van der Waals surface area contributed by atoms with Crippen molar-refractivity contribution >= 4 is 40.9 Å². The van der Waals surface area contributed by atoms with Crippen LogP contribution in [0.15, 0.2) is 42.5 Å². The van der Waals surface area contributed by atoms with E-state index in [-0.39, 0.29) is 5.12 Å². The Balaban J connectivity index is 2.28. The van der Waals surface area contributed by atoms with Gasteiger partial charge in [0.05, 0.1) is 5.02 Å². The van der Waals surface area contributed by atoms with E-state index in [1.165, 1.54) is 0 Å². The second-order valence-electron chi connectivity index (χ2n) is 3.51. The first-order chi connectivity index (χ1) is 8.56. The maximum Gasteiger partial charge on any atom is 0.216 e. The largest absolute Gasteiger partial charge is 0.456 e. The SMILES string of the molecule is O=C(S)c1cccc(Oc2ccc(Cl)cc2Cl)c1. The van der Waals surface area contributed by atoms with E-state index in [4.69, 9.17) is 27.9 Å². The van der Waals surface area contributed by atoms with Crippen molar-refractivity contribution in [2.45, 2.75) is 0 Å². The van der Waals surface area contributed by atoms with Gasteiger partial charge < -0.3 is 4.74 Å². The predicted octanol–water partition coefficient (Wildman–Crippen LogP) is 4.86. The Morgan fingerprint density at radius 1 is 1.11 bits per heavy atom. The fourth-order valence-electron chi connectivity index (χ4n) is 1.38. The molecule has 0 aliphatic rings. The fourth-order valence-corrected chi connectivity index (χ4v) is 1.96. The molecule has 0 radical (unpaired) electrons. The van der Waals surface area contributed by atoms with Gasteiger partial charge in [0.1, 0.15) is 11.5 Å². The Bertz CT molecular complexity index is 599. The lowest BCUT2D eigenvalue weighted by Gasteiger charge is -2.08. The van der Waals surface area contributed by atoms with Gasteiger partial charge in [0.15, 0.2) is 0 Å². The van der Waals surface area contributed by atoms with Gasteiger partial charge in [0.25, 0.3) is 0 Å². The lowest BCUT2D eigenvalue weighted by molar-refractivity contribution is 0.109.